The van der Waals surface area contributed by atoms with Gasteiger partial charge in [0.25, 0.3) is 0 Å². The Morgan fingerprint density at radius 1 is 0.792 bits per heavy atom. The van der Waals surface area contributed by atoms with Gasteiger partial charge in [-0.1, -0.05) is 54.6 Å². The molecule has 1 atom stereocenters. The number of alkyl halides is 1. The molecule has 3 aromatic rings. The Morgan fingerprint density at radius 2 is 1.42 bits per heavy atom. The van der Waals surface area contributed by atoms with Crippen LogP contribution in [0.2, 0.25) is 0 Å². The highest BCUT2D eigenvalue weighted by Crippen LogP contribution is 2.28. The van der Waals surface area contributed by atoms with Crippen molar-refractivity contribution in [1.82, 2.24) is 0 Å². The standard InChI is InChI=1S/C21H18ClFO/c22-15-14-21(18-6-10-19(23)11-7-18)24-20-12-8-17(9-13-20)16-4-2-1-3-5-16/h1-13,21H,14-15H2/t21-/m0/s1. The van der Waals surface area contributed by atoms with Gasteiger partial charge in [0.15, 0.2) is 0 Å². The molecule has 24 heavy (non-hydrogen) atoms. The van der Waals surface area contributed by atoms with E-state index in [1.807, 2.05) is 42.5 Å². The summed E-state index contributed by atoms with van der Waals surface area (Å²) in [6.07, 6.45) is 0.471. The minimum Gasteiger partial charge on any atom is -0.486 e. The molecule has 0 fully saturated rings. The second-order valence-electron chi connectivity index (χ2n) is 5.53. The maximum Gasteiger partial charge on any atom is 0.125 e. The number of hydrogen-bond acceptors (Lipinski definition) is 1. The molecule has 0 N–H and O–H groups in total. The van der Waals surface area contributed by atoms with Crippen LogP contribution in [0.25, 0.3) is 11.1 Å². The van der Waals surface area contributed by atoms with Gasteiger partial charge in [-0.15, -0.1) is 11.6 Å². The van der Waals surface area contributed by atoms with Crippen LogP contribution in [0.5, 0.6) is 5.75 Å². The van der Waals surface area contributed by atoms with E-state index in [1.165, 1.54) is 17.7 Å². The van der Waals surface area contributed by atoms with Crippen molar-refractivity contribution in [2.75, 3.05) is 5.88 Å². The molecule has 122 valence electrons. The highest BCUT2D eigenvalue weighted by molar-refractivity contribution is 6.17. The highest BCUT2D eigenvalue weighted by atomic mass is 35.5. The monoisotopic (exact) mass is 340 g/mol. The fourth-order valence-electron chi connectivity index (χ4n) is 2.59. The second-order valence-corrected chi connectivity index (χ2v) is 5.90. The third-order valence-electron chi connectivity index (χ3n) is 3.85. The molecule has 0 aliphatic heterocycles. The Hall–Kier alpha value is -2.32. The van der Waals surface area contributed by atoms with E-state index in [2.05, 4.69) is 12.1 Å². The van der Waals surface area contributed by atoms with Gasteiger partial charge in [0.05, 0.1) is 0 Å². The normalized spacial score (nSPS) is 11.9. The van der Waals surface area contributed by atoms with Gasteiger partial charge in [-0.2, -0.15) is 0 Å². The molecule has 0 aliphatic carbocycles. The van der Waals surface area contributed by atoms with Crippen molar-refractivity contribution in [3.8, 4) is 16.9 Å². The van der Waals surface area contributed by atoms with E-state index in [4.69, 9.17) is 16.3 Å². The van der Waals surface area contributed by atoms with Crippen LogP contribution in [0.15, 0.2) is 78.9 Å². The first kappa shape index (κ1) is 16.5. The van der Waals surface area contributed by atoms with Gasteiger partial charge < -0.3 is 4.74 Å². The average molecular weight is 341 g/mol. The lowest BCUT2D eigenvalue weighted by molar-refractivity contribution is 0.202. The van der Waals surface area contributed by atoms with Crippen molar-refractivity contribution in [2.24, 2.45) is 0 Å². The fourth-order valence-corrected chi connectivity index (χ4v) is 2.79. The number of hydrogen-bond donors (Lipinski definition) is 0. The van der Waals surface area contributed by atoms with Gasteiger partial charge in [0, 0.05) is 12.3 Å². The molecule has 0 aromatic heterocycles. The van der Waals surface area contributed by atoms with Crippen LogP contribution >= 0.6 is 11.6 Å². The molecule has 3 aromatic carbocycles. The molecule has 1 nitrogen and oxygen atoms in total. The van der Waals surface area contributed by atoms with Gasteiger partial charge in [-0.3, -0.25) is 0 Å². The summed E-state index contributed by atoms with van der Waals surface area (Å²) in [5, 5.41) is 0. The zero-order chi connectivity index (χ0) is 16.8. The predicted octanol–water partition coefficient (Wildman–Crippen LogP) is 6.24. The van der Waals surface area contributed by atoms with Crippen molar-refractivity contribution in [1.29, 1.82) is 0 Å². The van der Waals surface area contributed by atoms with E-state index < -0.39 is 0 Å². The molecule has 0 spiro atoms. The van der Waals surface area contributed by atoms with Crippen LogP contribution in [0, 0.1) is 5.82 Å². The molecular formula is C21H18ClFO. The molecule has 0 heterocycles. The van der Waals surface area contributed by atoms with Gasteiger partial charge in [-0.05, 0) is 41.0 Å². The molecule has 3 heteroatoms. The van der Waals surface area contributed by atoms with E-state index in [9.17, 15) is 4.39 Å². The highest BCUT2D eigenvalue weighted by Gasteiger charge is 2.13. The molecule has 0 aliphatic rings. The van der Waals surface area contributed by atoms with E-state index in [-0.39, 0.29) is 11.9 Å². The minimum absolute atomic E-state index is 0.189. The van der Waals surface area contributed by atoms with Gasteiger partial charge in [0.1, 0.15) is 17.7 Å². The third kappa shape index (κ3) is 4.15. The lowest BCUT2D eigenvalue weighted by Gasteiger charge is -2.19. The van der Waals surface area contributed by atoms with Crippen LogP contribution in [-0.4, -0.2) is 5.88 Å². The number of ether oxygens (including phenoxy) is 1. The number of rotatable bonds is 6. The topological polar surface area (TPSA) is 9.23 Å². The molecule has 0 bridgehead atoms. The average Bonchev–Trinajstić information content (AvgIpc) is 2.63. The zero-order valence-corrected chi connectivity index (χ0v) is 13.9. The zero-order valence-electron chi connectivity index (χ0n) is 13.2. The molecule has 3 rings (SSSR count). The summed E-state index contributed by atoms with van der Waals surface area (Å²) in [6, 6.07) is 24.5. The summed E-state index contributed by atoms with van der Waals surface area (Å²) in [5.74, 6) is 0.995. The Balaban J connectivity index is 1.76. The third-order valence-corrected chi connectivity index (χ3v) is 4.07. The Bertz CT molecular complexity index is 754. The van der Waals surface area contributed by atoms with Crippen molar-refractivity contribution in [2.45, 2.75) is 12.5 Å². The molecule has 0 radical (unpaired) electrons. The lowest BCUT2D eigenvalue weighted by Crippen LogP contribution is -2.08. The van der Waals surface area contributed by atoms with E-state index >= 15 is 0 Å². The lowest BCUT2D eigenvalue weighted by atomic mass is 10.1. The summed E-state index contributed by atoms with van der Waals surface area (Å²) in [6.45, 7) is 0. The first-order valence-electron chi connectivity index (χ1n) is 7.90. The first-order chi connectivity index (χ1) is 11.8. The largest absolute Gasteiger partial charge is 0.486 e. The van der Waals surface area contributed by atoms with Crippen molar-refractivity contribution < 1.29 is 9.13 Å². The van der Waals surface area contributed by atoms with Gasteiger partial charge in [0.2, 0.25) is 0 Å². The summed E-state index contributed by atoms with van der Waals surface area (Å²) >= 11 is 5.89. The van der Waals surface area contributed by atoms with E-state index in [1.54, 1.807) is 12.1 Å². The van der Waals surface area contributed by atoms with Crippen LogP contribution in [0.3, 0.4) is 0 Å². The van der Waals surface area contributed by atoms with E-state index in [0.717, 1.165) is 16.9 Å². The quantitative estimate of drug-likeness (QED) is 0.482. The predicted molar refractivity (Wildman–Crippen MR) is 97.0 cm³/mol. The van der Waals surface area contributed by atoms with E-state index in [0.29, 0.717) is 12.3 Å². The molecular weight excluding hydrogens is 323 g/mol. The van der Waals surface area contributed by atoms with Crippen LogP contribution in [0.4, 0.5) is 4.39 Å². The van der Waals surface area contributed by atoms with Crippen molar-refractivity contribution >= 4 is 11.6 Å². The summed E-state index contributed by atoms with van der Waals surface area (Å²) < 4.78 is 19.2. The van der Waals surface area contributed by atoms with Gasteiger partial charge >= 0.3 is 0 Å². The SMILES string of the molecule is Fc1ccc([C@H](CCCl)Oc2ccc(-c3ccccc3)cc2)cc1. The second kappa shape index (κ2) is 7.98. The maximum absolute atomic E-state index is 13.1. The number of halogens is 2. The fraction of sp³-hybridized carbons (Fsp3) is 0.143. The van der Waals surface area contributed by atoms with Crippen molar-refractivity contribution in [3.63, 3.8) is 0 Å². The smallest absolute Gasteiger partial charge is 0.125 e. The molecule has 0 saturated heterocycles. The van der Waals surface area contributed by atoms with Crippen molar-refractivity contribution in [3.05, 3.63) is 90.2 Å². The van der Waals surface area contributed by atoms with Gasteiger partial charge in [-0.25, -0.2) is 4.39 Å². The molecule has 0 saturated carbocycles. The first-order valence-corrected chi connectivity index (χ1v) is 8.43. The Morgan fingerprint density at radius 3 is 2.04 bits per heavy atom. The van der Waals surface area contributed by atoms with Crippen LogP contribution in [-0.2, 0) is 0 Å². The summed E-state index contributed by atoms with van der Waals surface area (Å²) in [7, 11) is 0. The maximum atomic E-state index is 13.1. The molecule has 0 unspecified atom stereocenters. The Labute approximate surface area is 146 Å². The summed E-state index contributed by atoms with van der Waals surface area (Å²) in [5.41, 5.74) is 3.22. The summed E-state index contributed by atoms with van der Waals surface area (Å²) in [4.78, 5) is 0. The van der Waals surface area contributed by atoms with Crippen LogP contribution < -0.4 is 4.74 Å². The minimum atomic E-state index is -0.254. The molecule has 0 amide bonds. The Kier molecular flexibility index (Phi) is 5.50. The number of benzene rings is 3. The van der Waals surface area contributed by atoms with Crippen LogP contribution in [0.1, 0.15) is 18.1 Å².